The first-order valence-electron chi connectivity index (χ1n) is 10.8. The summed E-state index contributed by atoms with van der Waals surface area (Å²) in [5.41, 5.74) is 3.16. The highest BCUT2D eigenvalue weighted by Crippen LogP contribution is 2.25. The van der Waals surface area contributed by atoms with Crippen molar-refractivity contribution in [2.24, 2.45) is 13.0 Å². The van der Waals surface area contributed by atoms with Gasteiger partial charge < -0.3 is 14.8 Å². The van der Waals surface area contributed by atoms with Crippen LogP contribution in [0.1, 0.15) is 44.9 Å². The van der Waals surface area contributed by atoms with Crippen LogP contribution in [0.5, 0.6) is 0 Å². The fourth-order valence-corrected chi connectivity index (χ4v) is 4.37. The fourth-order valence-electron chi connectivity index (χ4n) is 4.37. The van der Waals surface area contributed by atoms with Gasteiger partial charge in [-0.1, -0.05) is 12.1 Å². The van der Waals surface area contributed by atoms with E-state index in [4.69, 9.17) is 0 Å². The Morgan fingerprint density at radius 2 is 1.91 bits per heavy atom. The zero-order valence-corrected chi connectivity index (χ0v) is 18.6. The summed E-state index contributed by atoms with van der Waals surface area (Å²) in [5, 5.41) is 6.99. The Hall–Kier alpha value is -3.42. The van der Waals surface area contributed by atoms with E-state index in [0.29, 0.717) is 42.4 Å². The summed E-state index contributed by atoms with van der Waals surface area (Å²) in [6.45, 7) is 5.59. The predicted molar refractivity (Wildman–Crippen MR) is 119 cm³/mol. The molecule has 1 N–H and O–H groups in total. The number of hydrogen-bond acceptors (Lipinski definition) is 3. The molecule has 0 aliphatic carbocycles. The number of hydrogen-bond donors (Lipinski definition) is 1. The molecular weight excluding hydrogens is 409 g/mol. The molecule has 1 aromatic carbocycles. The molecular formula is C24H28FN5O2. The van der Waals surface area contributed by atoms with Crippen LogP contribution in [0.4, 0.5) is 4.39 Å². The Bertz CT molecular complexity index is 1140. The lowest BCUT2D eigenvalue weighted by molar-refractivity contribution is 0.0683. The van der Waals surface area contributed by atoms with Gasteiger partial charge in [0, 0.05) is 44.3 Å². The van der Waals surface area contributed by atoms with E-state index in [9.17, 15) is 14.0 Å². The Balaban J connectivity index is 1.37. The van der Waals surface area contributed by atoms with E-state index >= 15 is 0 Å². The molecule has 3 heterocycles. The summed E-state index contributed by atoms with van der Waals surface area (Å²) in [6.07, 6.45) is 4.89. The van der Waals surface area contributed by atoms with Gasteiger partial charge in [0.05, 0.1) is 23.0 Å². The summed E-state index contributed by atoms with van der Waals surface area (Å²) < 4.78 is 17.7. The smallest absolute Gasteiger partial charge is 0.255 e. The van der Waals surface area contributed by atoms with Crippen LogP contribution in [0.3, 0.4) is 0 Å². The van der Waals surface area contributed by atoms with Gasteiger partial charge in [0.1, 0.15) is 5.82 Å². The maximum absolute atomic E-state index is 14.3. The number of para-hydroxylation sites is 1. The molecule has 8 heteroatoms. The topological polar surface area (TPSA) is 72.2 Å². The number of piperidine rings is 1. The molecule has 3 aromatic rings. The third kappa shape index (κ3) is 4.30. The highest BCUT2D eigenvalue weighted by atomic mass is 19.1. The largest absolute Gasteiger partial charge is 0.352 e. The van der Waals surface area contributed by atoms with E-state index in [1.807, 2.05) is 24.8 Å². The van der Waals surface area contributed by atoms with Gasteiger partial charge in [0.2, 0.25) is 0 Å². The number of aromatic nitrogens is 3. The number of benzene rings is 1. The molecule has 1 fully saturated rings. The van der Waals surface area contributed by atoms with Crippen molar-refractivity contribution in [1.82, 2.24) is 24.6 Å². The molecule has 1 aliphatic heterocycles. The van der Waals surface area contributed by atoms with E-state index in [-0.39, 0.29) is 17.6 Å². The van der Waals surface area contributed by atoms with Crippen LogP contribution in [-0.4, -0.2) is 50.7 Å². The molecule has 2 amide bonds. The van der Waals surface area contributed by atoms with Crippen LogP contribution in [0.15, 0.2) is 42.7 Å². The number of carbonyl (C=O) groups excluding carboxylic acids is 2. The number of carbonyl (C=O) groups is 2. The van der Waals surface area contributed by atoms with Gasteiger partial charge in [-0.2, -0.15) is 5.10 Å². The monoisotopic (exact) mass is 437 g/mol. The molecule has 168 valence electrons. The van der Waals surface area contributed by atoms with Gasteiger partial charge in [-0.25, -0.2) is 4.39 Å². The van der Waals surface area contributed by atoms with Crippen LogP contribution in [0.2, 0.25) is 0 Å². The average molecular weight is 438 g/mol. The van der Waals surface area contributed by atoms with Crippen molar-refractivity contribution >= 4 is 11.8 Å². The summed E-state index contributed by atoms with van der Waals surface area (Å²) in [7, 11) is 1.78. The lowest BCUT2D eigenvalue weighted by Crippen LogP contribution is -2.41. The molecule has 32 heavy (non-hydrogen) atoms. The summed E-state index contributed by atoms with van der Waals surface area (Å²) in [6, 6.07) is 8.42. The van der Waals surface area contributed by atoms with E-state index in [2.05, 4.69) is 10.4 Å². The van der Waals surface area contributed by atoms with Crippen LogP contribution in [0.25, 0.3) is 5.69 Å². The Kier molecular flexibility index (Phi) is 6.12. The average Bonchev–Trinajstić information content (AvgIpc) is 3.35. The van der Waals surface area contributed by atoms with Crippen LogP contribution >= 0.6 is 0 Å². The second-order valence-electron chi connectivity index (χ2n) is 8.42. The molecule has 0 unspecified atom stereocenters. The molecule has 0 atom stereocenters. The highest BCUT2D eigenvalue weighted by Gasteiger charge is 2.27. The lowest BCUT2D eigenvalue weighted by atomic mass is 9.96. The second-order valence-corrected chi connectivity index (χ2v) is 8.42. The van der Waals surface area contributed by atoms with Gasteiger partial charge in [0.15, 0.2) is 0 Å². The first-order chi connectivity index (χ1) is 15.3. The Morgan fingerprint density at radius 1 is 1.19 bits per heavy atom. The molecule has 0 saturated carbocycles. The van der Waals surface area contributed by atoms with Crippen LogP contribution in [0, 0.1) is 25.6 Å². The Labute approximate surface area is 186 Å². The molecule has 0 radical (unpaired) electrons. The number of rotatable bonds is 5. The van der Waals surface area contributed by atoms with Gasteiger partial charge in [0.25, 0.3) is 11.8 Å². The summed E-state index contributed by atoms with van der Waals surface area (Å²) >= 11 is 0. The minimum Gasteiger partial charge on any atom is -0.352 e. The molecule has 0 spiro atoms. The zero-order valence-electron chi connectivity index (χ0n) is 18.6. The molecule has 0 bridgehead atoms. The van der Waals surface area contributed by atoms with Gasteiger partial charge >= 0.3 is 0 Å². The van der Waals surface area contributed by atoms with E-state index in [1.165, 1.54) is 6.07 Å². The van der Waals surface area contributed by atoms with Gasteiger partial charge in [-0.15, -0.1) is 0 Å². The van der Waals surface area contributed by atoms with Gasteiger partial charge in [-0.05, 0) is 50.8 Å². The standard InChI is InChI=1S/C24H28FN5O2/c1-16-12-20(17(2)30(16)22-7-5-4-6-21(22)25)24(32)29-10-8-18(9-11-29)13-26-23(31)19-14-27-28(3)15-19/h4-7,12,14-15,18H,8-11,13H2,1-3H3,(H,26,31). The SMILES string of the molecule is Cc1cc(C(=O)N2CCC(CNC(=O)c3cnn(C)c3)CC2)c(C)n1-c1ccccc1F. The van der Waals surface area contributed by atoms with Crippen LogP contribution < -0.4 is 5.32 Å². The summed E-state index contributed by atoms with van der Waals surface area (Å²) in [5.74, 6) is -0.149. The van der Waals surface area contributed by atoms with Crippen LogP contribution in [-0.2, 0) is 7.05 Å². The number of nitrogens with one attached hydrogen (secondary N) is 1. The first-order valence-corrected chi connectivity index (χ1v) is 10.8. The lowest BCUT2D eigenvalue weighted by Gasteiger charge is -2.32. The zero-order chi connectivity index (χ0) is 22.8. The molecule has 1 aliphatic rings. The van der Waals surface area contributed by atoms with E-state index in [1.54, 1.807) is 46.9 Å². The normalized spacial score (nSPS) is 14.6. The second kappa shape index (κ2) is 8.98. The number of nitrogens with zero attached hydrogens (tertiary/aromatic N) is 4. The third-order valence-corrected chi connectivity index (χ3v) is 6.17. The highest BCUT2D eigenvalue weighted by molar-refractivity contribution is 5.96. The van der Waals surface area contributed by atoms with Crippen molar-refractivity contribution in [1.29, 1.82) is 0 Å². The molecule has 4 rings (SSSR count). The number of halogens is 1. The number of likely N-dealkylation sites (tertiary alicyclic amines) is 1. The minimum absolute atomic E-state index is 0.0291. The minimum atomic E-state index is -0.317. The molecule has 1 saturated heterocycles. The van der Waals surface area contributed by atoms with E-state index < -0.39 is 0 Å². The number of aryl methyl sites for hydroxylation is 2. The maximum Gasteiger partial charge on any atom is 0.255 e. The summed E-state index contributed by atoms with van der Waals surface area (Å²) in [4.78, 5) is 27.3. The van der Waals surface area contributed by atoms with Crippen molar-refractivity contribution in [2.45, 2.75) is 26.7 Å². The third-order valence-electron chi connectivity index (χ3n) is 6.17. The molecule has 2 aromatic heterocycles. The van der Waals surface area contributed by atoms with Crippen molar-refractivity contribution in [3.63, 3.8) is 0 Å². The Morgan fingerprint density at radius 3 is 2.56 bits per heavy atom. The molecule has 7 nitrogen and oxygen atoms in total. The maximum atomic E-state index is 14.3. The quantitative estimate of drug-likeness (QED) is 0.666. The number of amides is 2. The van der Waals surface area contributed by atoms with Crippen molar-refractivity contribution < 1.29 is 14.0 Å². The predicted octanol–water partition coefficient (Wildman–Crippen LogP) is 3.25. The van der Waals surface area contributed by atoms with Crippen molar-refractivity contribution in [2.75, 3.05) is 19.6 Å². The first kappa shape index (κ1) is 21.8. The van der Waals surface area contributed by atoms with E-state index in [0.717, 1.165) is 24.2 Å². The van der Waals surface area contributed by atoms with Gasteiger partial charge in [-0.3, -0.25) is 14.3 Å². The fraction of sp³-hybridized carbons (Fsp3) is 0.375. The van der Waals surface area contributed by atoms with Crippen molar-refractivity contribution in [3.8, 4) is 5.69 Å². The van der Waals surface area contributed by atoms with Crippen molar-refractivity contribution in [3.05, 3.63) is 71.1 Å².